The summed E-state index contributed by atoms with van der Waals surface area (Å²) in [4.78, 5) is 23.9. The van der Waals surface area contributed by atoms with Crippen molar-refractivity contribution in [3.05, 3.63) is 58.6 Å². The Hall–Kier alpha value is -2.53. The van der Waals surface area contributed by atoms with Gasteiger partial charge in [-0.1, -0.05) is 29.3 Å². The molecule has 0 fully saturated rings. The highest BCUT2D eigenvalue weighted by molar-refractivity contribution is 6.31. The lowest BCUT2D eigenvalue weighted by atomic mass is 10.2. The number of amides is 1. The molecular weight excluding hydrogens is 342 g/mol. The number of carbonyl (C=O) groups excluding carboxylic acids is 2. The van der Waals surface area contributed by atoms with Gasteiger partial charge >= 0.3 is 5.97 Å². The van der Waals surface area contributed by atoms with E-state index in [4.69, 9.17) is 21.1 Å². The lowest BCUT2D eigenvalue weighted by Crippen LogP contribution is -2.31. The fraction of sp³-hybridized carbons (Fsp3) is 0.263. The minimum absolute atomic E-state index is 0.288. The first-order valence-electron chi connectivity index (χ1n) is 7.81. The molecule has 1 atom stereocenters. The lowest BCUT2D eigenvalue weighted by Gasteiger charge is -2.14. The van der Waals surface area contributed by atoms with Crippen molar-refractivity contribution in [3.8, 4) is 5.75 Å². The number of anilines is 1. The number of halogens is 1. The molecule has 0 aliphatic carbocycles. The number of nitrogens with one attached hydrogen (secondary N) is 1. The molecule has 1 N–H and O–H groups in total. The van der Waals surface area contributed by atoms with E-state index >= 15 is 0 Å². The van der Waals surface area contributed by atoms with Gasteiger partial charge in [0.25, 0.3) is 5.91 Å². The SMILES string of the molecule is Cc1ccc(NC(=O)[C@H](C)OC(=O)COc2ccc(Cl)c(C)c2)cc1. The summed E-state index contributed by atoms with van der Waals surface area (Å²) in [5, 5.41) is 3.31. The molecule has 25 heavy (non-hydrogen) atoms. The number of rotatable bonds is 6. The number of ether oxygens (including phenoxy) is 2. The van der Waals surface area contributed by atoms with Crippen molar-refractivity contribution >= 4 is 29.2 Å². The summed E-state index contributed by atoms with van der Waals surface area (Å²) in [6, 6.07) is 12.4. The molecule has 0 radical (unpaired) electrons. The fourth-order valence-electron chi connectivity index (χ4n) is 2.01. The average molecular weight is 362 g/mol. The van der Waals surface area contributed by atoms with Crippen molar-refractivity contribution < 1.29 is 19.1 Å². The van der Waals surface area contributed by atoms with Gasteiger partial charge in [0.1, 0.15) is 5.75 Å². The van der Waals surface area contributed by atoms with Crippen LogP contribution < -0.4 is 10.1 Å². The Morgan fingerprint density at radius 1 is 1.12 bits per heavy atom. The van der Waals surface area contributed by atoms with E-state index in [2.05, 4.69) is 5.32 Å². The van der Waals surface area contributed by atoms with Gasteiger partial charge in [0.15, 0.2) is 12.7 Å². The standard InChI is InChI=1S/C19H20ClNO4/c1-12-4-6-15(7-5-12)21-19(23)14(3)25-18(22)11-24-16-8-9-17(20)13(2)10-16/h4-10,14H,11H2,1-3H3,(H,21,23)/t14-/m0/s1. The van der Waals surface area contributed by atoms with E-state index in [0.29, 0.717) is 16.5 Å². The van der Waals surface area contributed by atoms with E-state index in [1.54, 1.807) is 30.3 Å². The van der Waals surface area contributed by atoms with Crippen molar-refractivity contribution in [1.82, 2.24) is 0 Å². The Bertz CT molecular complexity index is 759. The highest BCUT2D eigenvalue weighted by Crippen LogP contribution is 2.21. The normalized spacial score (nSPS) is 11.5. The van der Waals surface area contributed by atoms with E-state index in [1.165, 1.54) is 6.92 Å². The van der Waals surface area contributed by atoms with Gasteiger partial charge in [-0.05, 0) is 56.7 Å². The Labute approximate surface area is 151 Å². The van der Waals surface area contributed by atoms with Gasteiger partial charge in [0.2, 0.25) is 0 Å². The van der Waals surface area contributed by atoms with Gasteiger partial charge in [-0.3, -0.25) is 4.79 Å². The molecular formula is C19H20ClNO4. The molecule has 5 nitrogen and oxygen atoms in total. The van der Waals surface area contributed by atoms with Crippen molar-refractivity contribution in [2.45, 2.75) is 26.9 Å². The Morgan fingerprint density at radius 2 is 1.80 bits per heavy atom. The average Bonchev–Trinajstić information content (AvgIpc) is 2.58. The summed E-state index contributed by atoms with van der Waals surface area (Å²) in [6.45, 7) is 5.01. The van der Waals surface area contributed by atoms with Gasteiger partial charge in [0, 0.05) is 10.7 Å². The highest BCUT2D eigenvalue weighted by atomic mass is 35.5. The second-order valence-corrected chi connectivity index (χ2v) is 6.09. The molecule has 1 amide bonds. The molecule has 0 unspecified atom stereocenters. The predicted molar refractivity (Wildman–Crippen MR) is 97.0 cm³/mol. The van der Waals surface area contributed by atoms with Crippen LogP contribution in [0.4, 0.5) is 5.69 Å². The Balaban J connectivity index is 1.81. The van der Waals surface area contributed by atoms with E-state index < -0.39 is 18.0 Å². The predicted octanol–water partition coefficient (Wildman–Crippen LogP) is 3.91. The van der Waals surface area contributed by atoms with Crippen LogP contribution in [0.3, 0.4) is 0 Å². The first-order chi connectivity index (χ1) is 11.8. The first-order valence-corrected chi connectivity index (χ1v) is 8.19. The van der Waals surface area contributed by atoms with Crippen LogP contribution in [0.5, 0.6) is 5.75 Å². The molecule has 0 aliphatic rings. The van der Waals surface area contributed by atoms with Gasteiger partial charge in [-0.2, -0.15) is 0 Å². The van der Waals surface area contributed by atoms with Crippen LogP contribution in [0.1, 0.15) is 18.1 Å². The first kappa shape index (κ1) is 18.8. The number of hydrogen-bond acceptors (Lipinski definition) is 4. The summed E-state index contributed by atoms with van der Waals surface area (Å²) in [6.07, 6.45) is -0.927. The molecule has 2 aromatic rings. The fourth-order valence-corrected chi connectivity index (χ4v) is 2.13. The minimum Gasteiger partial charge on any atom is -0.482 e. The topological polar surface area (TPSA) is 64.6 Å². The Kier molecular flexibility index (Phi) is 6.42. The monoisotopic (exact) mass is 361 g/mol. The van der Waals surface area contributed by atoms with Crippen LogP contribution in [0, 0.1) is 13.8 Å². The third kappa shape index (κ3) is 5.80. The van der Waals surface area contributed by atoms with E-state index in [-0.39, 0.29) is 6.61 Å². The zero-order valence-corrected chi connectivity index (χ0v) is 15.1. The summed E-state index contributed by atoms with van der Waals surface area (Å²) in [5.41, 5.74) is 2.58. The van der Waals surface area contributed by atoms with Crippen molar-refractivity contribution in [1.29, 1.82) is 0 Å². The third-order valence-electron chi connectivity index (χ3n) is 3.48. The molecule has 2 rings (SSSR count). The molecule has 6 heteroatoms. The summed E-state index contributed by atoms with van der Waals surface area (Å²) in [5.74, 6) is -0.519. The summed E-state index contributed by atoms with van der Waals surface area (Å²) in [7, 11) is 0. The molecule has 0 saturated carbocycles. The van der Waals surface area contributed by atoms with Gasteiger partial charge in [-0.15, -0.1) is 0 Å². The van der Waals surface area contributed by atoms with Gasteiger partial charge in [-0.25, -0.2) is 4.79 Å². The quantitative estimate of drug-likeness (QED) is 0.792. The lowest BCUT2D eigenvalue weighted by molar-refractivity contribution is -0.155. The number of esters is 1. The minimum atomic E-state index is -0.927. The molecule has 0 bridgehead atoms. The molecule has 0 heterocycles. The van der Waals surface area contributed by atoms with Crippen LogP contribution in [0.15, 0.2) is 42.5 Å². The highest BCUT2D eigenvalue weighted by Gasteiger charge is 2.18. The number of carbonyl (C=O) groups is 2. The second kappa shape index (κ2) is 8.53. The van der Waals surface area contributed by atoms with Gasteiger partial charge < -0.3 is 14.8 Å². The molecule has 0 aliphatic heterocycles. The molecule has 0 saturated heterocycles. The molecule has 2 aromatic carbocycles. The maximum absolute atomic E-state index is 12.0. The summed E-state index contributed by atoms with van der Waals surface area (Å²) >= 11 is 5.93. The number of benzene rings is 2. The van der Waals surface area contributed by atoms with Crippen LogP contribution in [0.25, 0.3) is 0 Å². The molecule has 0 aromatic heterocycles. The number of hydrogen-bond donors (Lipinski definition) is 1. The van der Waals surface area contributed by atoms with Crippen molar-refractivity contribution in [2.24, 2.45) is 0 Å². The van der Waals surface area contributed by atoms with Crippen LogP contribution >= 0.6 is 11.6 Å². The zero-order valence-electron chi connectivity index (χ0n) is 14.3. The van der Waals surface area contributed by atoms with Gasteiger partial charge in [0.05, 0.1) is 0 Å². The van der Waals surface area contributed by atoms with Crippen LogP contribution in [-0.4, -0.2) is 24.6 Å². The smallest absolute Gasteiger partial charge is 0.344 e. The van der Waals surface area contributed by atoms with E-state index in [1.807, 2.05) is 26.0 Å². The summed E-state index contributed by atoms with van der Waals surface area (Å²) < 4.78 is 10.4. The maximum Gasteiger partial charge on any atom is 0.344 e. The van der Waals surface area contributed by atoms with E-state index in [9.17, 15) is 9.59 Å². The third-order valence-corrected chi connectivity index (χ3v) is 3.91. The second-order valence-electron chi connectivity index (χ2n) is 5.69. The molecule has 132 valence electrons. The Morgan fingerprint density at radius 3 is 2.44 bits per heavy atom. The van der Waals surface area contributed by atoms with Crippen LogP contribution in [0.2, 0.25) is 5.02 Å². The van der Waals surface area contributed by atoms with Crippen molar-refractivity contribution in [3.63, 3.8) is 0 Å². The molecule has 0 spiro atoms. The van der Waals surface area contributed by atoms with Crippen LogP contribution in [-0.2, 0) is 14.3 Å². The number of aryl methyl sites for hydroxylation is 2. The van der Waals surface area contributed by atoms with Crippen molar-refractivity contribution in [2.75, 3.05) is 11.9 Å². The largest absolute Gasteiger partial charge is 0.482 e. The van der Waals surface area contributed by atoms with E-state index in [0.717, 1.165) is 11.1 Å². The maximum atomic E-state index is 12.0. The zero-order chi connectivity index (χ0) is 18.4.